The van der Waals surface area contributed by atoms with E-state index in [1.807, 2.05) is 36.4 Å². The molecule has 0 bridgehead atoms. The Balaban J connectivity index is 1.88. The Morgan fingerprint density at radius 1 is 1.14 bits per heavy atom. The maximum atomic E-state index is 12.3. The van der Waals surface area contributed by atoms with Gasteiger partial charge >= 0.3 is 5.97 Å². The van der Waals surface area contributed by atoms with Gasteiger partial charge in [-0.1, -0.05) is 30.3 Å². The van der Waals surface area contributed by atoms with Gasteiger partial charge in [-0.15, -0.1) is 0 Å². The number of amides is 3. The second-order valence-electron chi connectivity index (χ2n) is 6.52. The van der Waals surface area contributed by atoms with Crippen molar-refractivity contribution >= 4 is 23.7 Å². The zero-order valence-electron chi connectivity index (χ0n) is 15.2. The highest BCUT2D eigenvalue weighted by atomic mass is 16.4. The van der Waals surface area contributed by atoms with Crippen molar-refractivity contribution in [3.8, 4) is 6.07 Å². The molecule has 1 fully saturated rings. The maximum absolute atomic E-state index is 12.3. The van der Waals surface area contributed by atoms with E-state index in [-0.39, 0.29) is 19.3 Å². The number of hydrogen-bond acceptors (Lipinski definition) is 5. The summed E-state index contributed by atoms with van der Waals surface area (Å²) in [7, 11) is 0. The minimum absolute atomic E-state index is 0.108. The molecule has 28 heavy (non-hydrogen) atoms. The van der Waals surface area contributed by atoms with E-state index < -0.39 is 41.8 Å². The summed E-state index contributed by atoms with van der Waals surface area (Å²) >= 11 is 0. The number of nitrogens with zero attached hydrogens (tertiary/aromatic N) is 1. The van der Waals surface area contributed by atoms with Crippen LogP contribution in [0, 0.1) is 11.3 Å². The van der Waals surface area contributed by atoms with Crippen LogP contribution < -0.4 is 16.0 Å². The molecule has 9 nitrogen and oxygen atoms in total. The first-order valence-electron chi connectivity index (χ1n) is 8.94. The number of rotatable bonds is 9. The molecule has 0 unspecified atom stereocenters. The lowest BCUT2D eigenvalue weighted by Crippen LogP contribution is -2.63. The molecule has 2 rings (SSSR count). The SMILES string of the molecule is N#CCCC[C@@H](NC(=O)C[C@@H]1NC(=O)[C@H](Cc2ccccc2)NC1=O)C(=O)O. The van der Waals surface area contributed by atoms with Crippen molar-refractivity contribution in [3.63, 3.8) is 0 Å². The van der Waals surface area contributed by atoms with Crippen LogP contribution in [-0.4, -0.2) is 46.9 Å². The van der Waals surface area contributed by atoms with E-state index in [0.717, 1.165) is 5.56 Å². The van der Waals surface area contributed by atoms with Gasteiger partial charge in [0.25, 0.3) is 0 Å². The molecule has 0 spiro atoms. The quantitative estimate of drug-likeness (QED) is 0.434. The van der Waals surface area contributed by atoms with Crippen molar-refractivity contribution in [2.45, 2.75) is 50.2 Å². The second-order valence-corrected chi connectivity index (χ2v) is 6.52. The predicted octanol–water partition coefficient (Wildman–Crippen LogP) is -0.134. The van der Waals surface area contributed by atoms with E-state index in [4.69, 9.17) is 10.4 Å². The molecule has 9 heteroatoms. The zero-order chi connectivity index (χ0) is 20.5. The van der Waals surface area contributed by atoms with Crippen LogP contribution in [0.1, 0.15) is 31.2 Å². The third-order valence-corrected chi connectivity index (χ3v) is 4.35. The lowest BCUT2D eigenvalue weighted by molar-refractivity contribution is -0.143. The summed E-state index contributed by atoms with van der Waals surface area (Å²) in [6, 6.07) is 8.18. The second kappa shape index (κ2) is 10.1. The van der Waals surface area contributed by atoms with E-state index >= 15 is 0 Å². The number of carboxylic acids is 1. The average Bonchev–Trinajstić information content (AvgIpc) is 2.66. The van der Waals surface area contributed by atoms with Crippen molar-refractivity contribution in [2.75, 3.05) is 0 Å². The number of unbranched alkanes of at least 4 members (excludes halogenated alkanes) is 1. The highest BCUT2D eigenvalue weighted by Gasteiger charge is 2.35. The number of carbonyl (C=O) groups excluding carboxylic acids is 3. The lowest BCUT2D eigenvalue weighted by atomic mass is 10.0. The monoisotopic (exact) mass is 386 g/mol. The number of nitrogens with one attached hydrogen (secondary N) is 3. The summed E-state index contributed by atoms with van der Waals surface area (Å²) < 4.78 is 0. The average molecular weight is 386 g/mol. The largest absolute Gasteiger partial charge is 0.480 e. The molecule has 0 aliphatic carbocycles. The van der Waals surface area contributed by atoms with Crippen molar-refractivity contribution in [2.24, 2.45) is 0 Å². The van der Waals surface area contributed by atoms with E-state index in [1.54, 1.807) is 0 Å². The fourth-order valence-electron chi connectivity index (χ4n) is 2.89. The van der Waals surface area contributed by atoms with E-state index in [2.05, 4.69) is 16.0 Å². The number of hydrogen-bond donors (Lipinski definition) is 4. The molecule has 1 aromatic carbocycles. The predicted molar refractivity (Wildman–Crippen MR) is 97.7 cm³/mol. The van der Waals surface area contributed by atoms with Gasteiger partial charge in [0, 0.05) is 12.8 Å². The van der Waals surface area contributed by atoms with Gasteiger partial charge in [0.2, 0.25) is 17.7 Å². The van der Waals surface area contributed by atoms with E-state index in [1.165, 1.54) is 0 Å². The first-order valence-corrected chi connectivity index (χ1v) is 8.94. The van der Waals surface area contributed by atoms with Crippen LogP contribution in [0.5, 0.6) is 0 Å². The Hall–Kier alpha value is -3.41. The van der Waals surface area contributed by atoms with Crippen LogP contribution in [0.3, 0.4) is 0 Å². The number of nitriles is 1. The molecule has 0 aromatic heterocycles. The Morgan fingerprint density at radius 3 is 2.43 bits per heavy atom. The highest BCUT2D eigenvalue weighted by Crippen LogP contribution is 2.09. The Kier molecular flexibility index (Phi) is 7.51. The van der Waals surface area contributed by atoms with Crippen LogP contribution in [0.25, 0.3) is 0 Å². The molecule has 148 valence electrons. The normalized spacial score (nSPS) is 19.7. The van der Waals surface area contributed by atoms with E-state index in [0.29, 0.717) is 12.8 Å². The lowest BCUT2D eigenvalue weighted by Gasteiger charge is -2.29. The van der Waals surface area contributed by atoms with Crippen LogP contribution in [0.15, 0.2) is 30.3 Å². The molecular formula is C19H22N4O5. The summed E-state index contributed by atoms with van der Waals surface area (Å²) in [5.74, 6) is -2.77. The molecule has 0 saturated carbocycles. The van der Waals surface area contributed by atoms with Gasteiger partial charge in [-0.05, 0) is 18.4 Å². The number of carboxylic acid groups (broad SMARTS) is 1. The van der Waals surface area contributed by atoms with Crippen LogP contribution in [0.2, 0.25) is 0 Å². The molecule has 0 radical (unpaired) electrons. The third kappa shape index (κ3) is 6.09. The van der Waals surface area contributed by atoms with Crippen molar-refractivity contribution in [3.05, 3.63) is 35.9 Å². The van der Waals surface area contributed by atoms with Crippen LogP contribution in [-0.2, 0) is 25.6 Å². The standard InChI is InChI=1S/C19H22N4O5/c20-9-5-4-8-13(19(27)28)21-16(24)11-15-18(26)22-14(17(25)23-15)10-12-6-2-1-3-7-12/h1-3,6-7,13-15H,4-5,8,10-11H2,(H,21,24)(H,22,26)(H,23,25)(H,27,28)/t13-,14+,15+/m1/s1. The first kappa shape index (κ1) is 20.9. The number of aliphatic carboxylic acids is 1. The fraction of sp³-hybridized carbons (Fsp3) is 0.421. The number of carbonyl (C=O) groups is 4. The minimum Gasteiger partial charge on any atom is -0.480 e. The van der Waals surface area contributed by atoms with E-state index in [9.17, 15) is 19.2 Å². The molecule has 1 heterocycles. The Bertz CT molecular complexity index is 774. The highest BCUT2D eigenvalue weighted by molar-refractivity contribution is 5.99. The molecule has 1 aliphatic heterocycles. The van der Waals surface area contributed by atoms with Crippen molar-refractivity contribution < 1.29 is 24.3 Å². The number of benzene rings is 1. The maximum Gasteiger partial charge on any atom is 0.326 e. The molecule has 1 aliphatic rings. The molecular weight excluding hydrogens is 364 g/mol. The Labute approximate surface area is 162 Å². The van der Waals surface area contributed by atoms with Gasteiger partial charge in [0.1, 0.15) is 18.1 Å². The van der Waals surface area contributed by atoms with Gasteiger partial charge in [-0.2, -0.15) is 5.26 Å². The summed E-state index contributed by atoms with van der Waals surface area (Å²) in [4.78, 5) is 47.8. The topological polar surface area (TPSA) is 148 Å². The minimum atomic E-state index is -1.22. The van der Waals surface area contributed by atoms with Crippen LogP contribution >= 0.6 is 0 Å². The molecule has 1 aromatic rings. The molecule has 1 saturated heterocycles. The zero-order valence-corrected chi connectivity index (χ0v) is 15.2. The molecule has 3 amide bonds. The fourth-order valence-corrected chi connectivity index (χ4v) is 2.89. The smallest absolute Gasteiger partial charge is 0.326 e. The van der Waals surface area contributed by atoms with Gasteiger partial charge in [-0.3, -0.25) is 14.4 Å². The van der Waals surface area contributed by atoms with Crippen molar-refractivity contribution in [1.82, 2.24) is 16.0 Å². The van der Waals surface area contributed by atoms with Crippen molar-refractivity contribution in [1.29, 1.82) is 5.26 Å². The van der Waals surface area contributed by atoms with Gasteiger partial charge < -0.3 is 21.1 Å². The number of piperazine rings is 1. The molecule has 4 N–H and O–H groups in total. The summed E-state index contributed by atoms with van der Waals surface area (Å²) in [6.07, 6.45) is 0.588. The summed E-state index contributed by atoms with van der Waals surface area (Å²) in [5.41, 5.74) is 0.890. The van der Waals surface area contributed by atoms with Gasteiger partial charge in [-0.25, -0.2) is 4.79 Å². The Morgan fingerprint density at radius 2 is 1.79 bits per heavy atom. The van der Waals surface area contributed by atoms with Gasteiger partial charge in [0.15, 0.2) is 0 Å². The summed E-state index contributed by atoms with van der Waals surface area (Å²) in [5, 5.41) is 25.1. The van der Waals surface area contributed by atoms with Crippen LogP contribution in [0.4, 0.5) is 0 Å². The van der Waals surface area contributed by atoms with Gasteiger partial charge in [0.05, 0.1) is 12.5 Å². The first-order chi connectivity index (χ1) is 13.4. The molecule has 3 atom stereocenters. The summed E-state index contributed by atoms with van der Waals surface area (Å²) in [6.45, 7) is 0. The third-order valence-electron chi connectivity index (χ3n) is 4.35.